The summed E-state index contributed by atoms with van der Waals surface area (Å²) in [4.78, 5) is 15.1. The first-order valence-electron chi connectivity index (χ1n) is 10.4. The van der Waals surface area contributed by atoms with Gasteiger partial charge >= 0.3 is 0 Å². The molecule has 8 heteroatoms. The average molecular weight is 439 g/mol. The van der Waals surface area contributed by atoms with Crippen molar-refractivity contribution in [3.63, 3.8) is 0 Å². The second-order valence-corrected chi connectivity index (χ2v) is 9.96. The lowest BCUT2D eigenvalue weighted by atomic mass is 10.0. The van der Waals surface area contributed by atoms with Crippen LogP contribution in [0.3, 0.4) is 0 Å². The third kappa shape index (κ3) is 5.39. The predicted octanol–water partition coefficient (Wildman–Crippen LogP) is 2.00. The smallest absolute Gasteiger partial charge is 0.241 e. The molecular formula is C23H26N4O3S. The number of hydrogen-bond donors (Lipinski definition) is 1. The second kappa shape index (κ2) is 9.45. The molecule has 31 heavy (non-hydrogen) atoms. The first-order chi connectivity index (χ1) is 15.0. The van der Waals surface area contributed by atoms with E-state index in [-0.39, 0.29) is 17.4 Å². The van der Waals surface area contributed by atoms with Gasteiger partial charge in [-0.3, -0.25) is 9.69 Å². The summed E-state index contributed by atoms with van der Waals surface area (Å²) in [5, 5.41) is 7.26. The summed E-state index contributed by atoms with van der Waals surface area (Å²) in [6.07, 6.45) is 4.34. The number of hydrogen-bond acceptors (Lipinski definition) is 5. The van der Waals surface area contributed by atoms with Crippen molar-refractivity contribution in [2.45, 2.75) is 12.5 Å². The quantitative estimate of drug-likeness (QED) is 0.610. The van der Waals surface area contributed by atoms with Crippen molar-refractivity contribution in [3.05, 3.63) is 84.2 Å². The number of nitrogens with one attached hydrogen (secondary N) is 1. The number of carbonyl (C=O) groups is 1. The highest BCUT2D eigenvalue weighted by Gasteiger charge is 2.32. The minimum Gasteiger partial charge on any atom is -0.354 e. The Hall–Kier alpha value is -2.97. The first-order valence-corrected chi connectivity index (χ1v) is 12.2. The maximum atomic E-state index is 13.1. The third-order valence-corrected chi connectivity index (χ3v) is 7.14. The van der Waals surface area contributed by atoms with E-state index in [1.807, 2.05) is 71.8 Å². The van der Waals surface area contributed by atoms with Crippen LogP contribution in [0.2, 0.25) is 0 Å². The van der Waals surface area contributed by atoms with Crippen molar-refractivity contribution in [2.24, 2.45) is 0 Å². The van der Waals surface area contributed by atoms with E-state index in [1.54, 1.807) is 10.9 Å². The van der Waals surface area contributed by atoms with Gasteiger partial charge in [-0.25, -0.2) is 13.1 Å². The highest BCUT2D eigenvalue weighted by molar-refractivity contribution is 7.91. The molecular weight excluding hydrogens is 412 g/mol. The van der Waals surface area contributed by atoms with Gasteiger partial charge in [0.05, 0.1) is 17.2 Å². The Morgan fingerprint density at radius 2 is 1.71 bits per heavy atom. The van der Waals surface area contributed by atoms with Crippen LogP contribution in [0, 0.1) is 0 Å². The summed E-state index contributed by atoms with van der Waals surface area (Å²) in [6.45, 7) is 1.24. The van der Waals surface area contributed by atoms with Crippen LogP contribution in [0.15, 0.2) is 73.1 Å². The minimum absolute atomic E-state index is 0.0895. The van der Waals surface area contributed by atoms with Gasteiger partial charge in [0.2, 0.25) is 5.91 Å². The molecule has 0 spiro atoms. The third-order valence-electron chi connectivity index (χ3n) is 5.53. The summed E-state index contributed by atoms with van der Waals surface area (Å²) in [5.74, 6) is 0.0805. The molecule has 1 aliphatic heterocycles. The Labute approximate surface area is 182 Å². The molecule has 0 bridgehead atoms. The molecule has 1 N–H and O–H groups in total. The van der Waals surface area contributed by atoms with Gasteiger partial charge in [-0.15, -0.1) is 0 Å². The molecule has 1 atom stereocenters. The lowest BCUT2D eigenvalue weighted by molar-refractivity contribution is -0.126. The molecule has 0 aliphatic carbocycles. The monoisotopic (exact) mass is 438 g/mol. The fourth-order valence-electron chi connectivity index (χ4n) is 3.81. The molecule has 2 aromatic carbocycles. The molecule has 0 radical (unpaired) electrons. The fourth-order valence-corrected chi connectivity index (χ4v) is 5.04. The van der Waals surface area contributed by atoms with E-state index in [2.05, 4.69) is 10.4 Å². The number of amides is 1. The Balaban J connectivity index is 1.38. The summed E-state index contributed by atoms with van der Waals surface area (Å²) >= 11 is 0. The zero-order chi connectivity index (χ0) is 21.7. The average Bonchev–Trinajstić information content (AvgIpc) is 3.31. The largest absolute Gasteiger partial charge is 0.354 e. The Bertz CT molecular complexity index is 1080. The molecule has 1 saturated heterocycles. The van der Waals surface area contributed by atoms with E-state index in [1.165, 1.54) is 0 Å². The molecule has 0 saturated carbocycles. The number of sulfone groups is 1. The highest BCUT2D eigenvalue weighted by atomic mass is 32.2. The van der Waals surface area contributed by atoms with Crippen LogP contribution in [0.25, 0.3) is 5.69 Å². The van der Waals surface area contributed by atoms with Crippen molar-refractivity contribution in [2.75, 3.05) is 31.1 Å². The van der Waals surface area contributed by atoms with Gasteiger partial charge in [-0.05, 0) is 35.7 Å². The molecule has 1 aromatic heterocycles. The van der Waals surface area contributed by atoms with Crippen LogP contribution in [-0.4, -0.2) is 60.1 Å². The predicted molar refractivity (Wildman–Crippen MR) is 120 cm³/mol. The Morgan fingerprint density at radius 3 is 2.35 bits per heavy atom. The number of benzene rings is 2. The molecule has 1 fully saturated rings. The molecule has 1 aliphatic rings. The van der Waals surface area contributed by atoms with Crippen molar-refractivity contribution in [3.8, 4) is 5.69 Å². The van der Waals surface area contributed by atoms with Crippen molar-refractivity contribution < 1.29 is 13.2 Å². The van der Waals surface area contributed by atoms with E-state index >= 15 is 0 Å². The van der Waals surface area contributed by atoms with Gasteiger partial charge in [0.25, 0.3) is 0 Å². The second-order valence-electron chi connectivity index (χ2n) is 7.66. The number of nitrogens with zero attached hydrogens (tertiary/aromatic N) is 3. The topological polar surface area (TPSA) is 84.3 Å². The number of carbonyl (C=O) groups excluding carboxylic acids is 1. The Morgan fingerprint density at radius 1 is 1.00 bits per heavy atom. The number of aromatic nitrogens is 2. The van der Waals surface area contributed by atoms with Gasteiger partial charge in [0, 0.05) is 32.0 Å². The van der Waals surface area contributed by atoms with Crippen LogP contribution in [0.1, 0.15) is 17.2 Å². The summed E-state index contributed by atoms with van der Waals surface area (Å²) in [6, 6.07) is 19.0. The van der Waals surface area contributed by atoms with Gasteiger partial charge in [-0.2, -0.15) is 5.10 Å². The molecule has 1 amide bonds. The molecule has 3 aromatic rings. The van der Waals surface area contributed by atoms with E-state index in [4.69, 9.17) is 0 Å². The molecule has 4 rings (SSSR count). The van der Waals surface area contributed by atoms with Crippen LogP contribution < -0.4 is 5.32 Å². The highest BCUT2D eigenvalue weighted by Crippen LogP contribution is 2.23. The zero-order valence-corrected chi connectivity index (χ0v) is 18.0. The lowest BCUT2D eigenvalue weighted by Crippen LogP contribution is -2.47. The SMILES string of the molecule is O=C(NCCc1ccc(-n2cccn2)cc1)C(c1ccccc1)N1CCS(=O)(=O)CC1. The van der Waals surface area contributed by atoms with E-state index < -0.39 is 15.9 Å². The fraction of sp³-hybridized carbons (Fsp3) is 0.304. The van der Waals surface area contributed by atoms with E-state index in [0.717, 1.165) is 16.8 Å². The van der Waals surface area contributed by atoms with Crippen molar-refractivity contribution in [1.82, 2.24) is 20.0 Å². The Kier molecular flexibility index (Phi) is 6.48. The van der Waals surface area contributed by atoms with Crippen molar-refractivity contribution >= 4 is 15.7 Å². The molecule has 7 nitrogen and oxygen atoms in total. The maximum absolute atomic E-state index is 13.1. The molecule has 1 unspecified atom stereocenters. The van der Waals surface area contributed by atoms with Gasteiger partial charge in [0.15, 0.2) is 9.84 Å². The summed E-state index contributed by atoms with van der Waals surface area (Å²) in [5.41, 5.74) is 2.99. The van der Waals surface area contributed by atoms with Gasteiger partial charge < -0.3 is 5.32 Å². The van der Waals surface area contributed by atoms with Crippen LogP contribution in [-0.2, 0) is 21.1 Å². The van der Waals surface area contributed by atoms with Crippen LogP contribution in [0.5, 0.6) is 0 Å². The summed E-state index contributed by atoms with van der Waals surface area (Å²) < 4.78 is 25.4. The van der Waals surface area contributed by atoms with E-state index in [9.17, 15) is 13.2 Å². The summed E-state index contributed by atoms with van der Waals surface area (Å²) in [7, 11) is -3.01. The van der Waals surface area contributed by atoms with Crippen molar-refractivity contribution in [1.29, 1.82) is 0 Å². The maximum Gasteiger partial charge on any atom is 0.241 e. The molecule has 2 heterocycles. The lowest BCUT2D eigenvalue weighted by Gasteiger charge is -2.33. The first kappa shape index (κ1) is 21.3. The van der Waals surface area contributed by atoms with Crippen LogP contribution in [0.4, 0.5) is 0 Å². The normalized spacial score (nSPS) is 17.2. The van der Waals surface area contributed by atoms with Crippen LogP contribution >= 0.6 is 0 Å². The standard InChI is InChI=1S/C23H26N4O3S/c28-23(24-13-11-19-7-9-21(10-8-19)27-14-4-12-25-27)22(20-5-2-1-3-6-20)26-15-17-31(29,30)18-16-26/h1-10,12,14,22H,11,13,15-18H2,(H,24,28). The van der Waals surface area contributed by atoms with Gasteiger partial charge in [-0.1, -0.05) is 42.5 Å². The zero-order valence-electron chi connectivity index (χ0n) is 17.2. The number of rotatable bonds is 7. The van der Waals surface area contributed by atoms with Gasteiger partial charge in [0.1, 0.15) is 6.04 Å². The molecule has 162 valence electrons. The van der Waals surface area contributed by atoms with E-state index in [0.29, 0.717) is 26.1 Å². The minimum atomic E-state index is -3.01.